The average Bonchev–Trinajstić information content (AvgIpc) is 2.71. The molecule has 4 rings (SSSR count). The summed E-state index contributed by atoms with van der Waals surface area (Å²) in [6, 6.07) is 21.2. The van der Waals surface area contributed by atoms with Crippen molar-refractivity contribution in [2.24, 2.45) is 0 Å². The lowest BCUT2D eigenvalue weighted by molar-refractivity contribution is 0.0984. The molecule has 0 radical (unpaired) electrons. The molecule has 1 aromatic heterocycles. The first-order valence-electron chi connectivity index (χ1n) is 9.17. The summed E-state index contributed by atoms with van der Waals surface area (Å²) in [6.45, 7) is 2.27. The van der Waals surface area contributed by atoms with Gasteiger partial charge in [0.15, 0.2) is 0 Å². The minimum atomic E-state index is -0.128. The van der Waals surface area contributed by atoms with Crippen LogP contribution in [0.25, 0.3) is 10.8 Å². The molecule has 4 aromatic rings. The van der Waals surface area contributed by atoms with Crippen LogP contribution in [0, 0.1) is 6.92 Å². The number of carbonyl (C=O) groups is 1. The van der Waals surface area contributed by atoms with Gasteiger partial charge in [-0.05, 0) is 59.2 Å². The summed E-state index contributed by atoms with van der Waals surface area (Å²) in [7, 11) is 0. The zero-order valence-electron chi connectivity index (χ0n) is 15.8. The van der Waals surface area contributed by atoms with Crippen LogP contribution in [0.4, 0.5) is 5.69 Å². The van der Waals surface area contributed by atoms with Crippen LogP contribution in [0.2, 0.25) is 10.0 Å². The van der Waals surface area contributed by atoms with E-state index in [9.17, 15) is 4.79 Å². The molecular formula is C24H18Cl2N2O. The van der Waals surface area contributed by atoms with Crippen LogP contribution in [0.1, 0.15) is 21.5 Å². The molecule has 0 aliphatic heterocycles. The van der Waals surface area contributed by atoms with Crippen molar-refractivity contribution in [3.8, 4) is 0 Å². The molecule has 29 heavy (non-hydrogen) atoms. The first-order valence-corrected chi connectivity index (χ1v) is 9.93. The lowest BCUT2D eigenvalue weighted by Gasteiger charge is -2.24. The first kappa shape index (κ1) is 19.4. The lowest BCUT2D eigenvalue weighted by Crippen LogP contribution is -2.31. The Morgan fingerprint density at radius 1 is 0.931 bits per heavy atom. The average molecular weight is 421 g/mol. The highest BCUT2D eigenvalue weighted by Crippen LogP contribution is 2.29. The third-order valence-corrected chi connectivity index (χ3v) is 5.25. The molecule has 0 aliphatic carbocycles. The fraction of sp³-hybridized carbons (Fsp3) is 0.0833. The number of amides is 1. The predicted octanol–water partition coefficient (Wildman–Crippen LogP) is 6.70. The van der Waals surface area contributed by atoms with Crippen molar-refractivity contribution in [1.29, 1.82) is 0 Å². The Kier molecular flexibility index (Phi) is 5.52. The summed E-state index contributed by atoms with van der Waals surface area (Å²) in [6.07, 6.45) is 3.31. The predicted molar refractivity (Wildman–Crippen MR) is 120 cm³/mol. The number of nitrogens with zero attached hydrogens (tertiary/aromatic N) is 2. The monoisotopic (exact) mass is 420 g/mol. The maximum Gasteiger partial charge on any atom is 0.258 e. The number of aryl methyl sites for hydroxylation is 1. The number of carbonyl (C=O) groups excluding carboxylic acids is 1. The van der Waals surface area contributed by atoms with Gasteiger partial charge in [0.2, 0.25) is 0 Å². The highest BCUT2D eigenvalue weighted by Gasteiger charge is 2.21. The number of hydrogen-bond acceptors (Lipinski definition) is 2. The van der Waals surface area contributed by atoms with Gasteiger partial charge in [0, 0.05) is 33.7 Å². The second kappa shape index (κ2) is 8.24. The summed E-state index contributed by atoms with van der Waals surface area (Å²) in [5, 5.41) is 3.25. The molecule has 0 saturated heterocycles. The van der Waals surface area contributed by atoms with E-state index in [1.807, 2.05) is 25.1 Å². The van der Waals surface area contributed by atoms with Gasteiger partial charge in [0.25, 0.3) is 5.91 Å². The Bertz CT molecular complexity index is 1190. The fourth-order valence-electron chi connectivity index (χ4n) is 3.35. The first-order chi connectivity index (χ1) is 14.0. The van der Waals surface area contributed by atoms with Crippen LogP contribution in [0.3, 0.4) is 0 Å². The van der Waals surface area contributed by atoms with Gasteiger partial charge in [-0.3, -0.25) is 9.78 Å². The van der Waals surface area contributed by atoms with Crippen molar-refractivity contribution in [3.05, 3.63) is 106 Å². The van der Waals surface area contributed by atoms with Crippen molar-refractivity contribution in [3.63, 3.8) is 0 Å². The van der Waals surface area contributed by atoms with Crippen molar-refractivity contribution >= 4 is 45.6 Å². The van der Waals surface area contributed by atoms with Crippen LogP contribution in [0.5, 0.6) is 0 Å². The van der Waals surface area contributed by atoms with Gasteiger partial charge in [0.1, 0.15) is 0 Å². The number of hydrogen-bond donors (Lipinski definition) is 0. The van der Waals surface area contributed by atoms with Gasteiger partial charge in [0.05, 0.1) is 6.54 Å². The van der Waals surface area contributed by atoms with Crippen LogP contribution in [0.15, 0.2) is 79.1 Å². The zero-order chi connectivity index (χ0) is 20.4. The molecule has 5 heteroatoms. The minimum absolute atomic E-state index is 0.128. The molecule has 1 amide bonds. The number of rotatable bonds is 4. The molecule has 0 bridgehead atoms. The van der Waals surface area contributed by atoms with E-state index in [4.69, 9.17) is 23.2 Å². The largest absolute Gasteiger partial charge is 0.304 e. The van der Waals surface area contributed by atoms with Gasteiger partial charge in [-0.25, -0.2) is 0 Å². The van der Waals surface area contributed by atoms with Crippen molar-refractivity contribution < 1.29 is 4.79 Å². The molecule has 3 nitrogen and oxygen atoms in total. The molecule has 0 saturated carbocycles. The number of fused-ring (bicyclic) bond motifs is 1. The Balaban J connectivity index is 1.78. The Morgan fingerprint density at radius 3 is 2.38 bits per heavy atom. The van der Waals surface area contributed by atoms with Crippen LogP contribution >= 0.6 is 23.2 Å². The second-order valence-electron chi connectivity index (χ2n) is 6.89. The van der Waals surface area contributed by atoms with E-state index in [-0.39, 0.29) is 5.91 Å². The van der Waals surface area contributed by atoms with Gasteiger partial charge in [-0.1, -0.05) is 59.6 Å². The van der Waals surface area contributed by atoms with E-state index in [1.54, 1.807) is 41.6 Å². The standard InChI is InChI=1S/C24H18Cl2N2O/c1-16-14-27-9-8-23(16)24(29)28(22-12-20(25)11-21(26)13-22)15-17-6-7-18-4-2-3-5-19(18)10-17/h2-14H,15H2,1H3. The summed E-state index contributed by atoms with van der Waals surface area (Å²) >= 11 is 12.4. The highest BCUT2D eigenvalue weighted by molar-refractivity contribution is 6.35. The van der Waals surface area contributed by atoms with E-state index in [1.165, 1.54) is 0 Å². The van der Waals surface area contributed by atoms with E-state index >= 15 is 0 Å². The summed E-state index contributed by atoms with van der Waals surface area (Å²) in [5.74, 6) is -0.128. The van der Waals surface area contributed by atoms with Crippen molar-refractivity contribution in [2.75, 3.05) is 4.90 Å². The topological polar surface area (TPSA) is 33.2 Å². The normalized spacial score (nSPS) is 10.9. The van der Waals surface area contributed by atoms with Gasteiger partial charge < -0.3 is 4.90 Å². The molecule has 0 atom stereocenters. The molecule has 0 spiro atoms. The van der Waals surface area contributed by atoms with Crippen LogP contribution in [-0.2, 0) is 6.54 Å². The molecule has 0 fully saturated rings. The van der Waals surface area contributed by atoms with Gasteiger partial charge in [-0.15, -0.1) is 0 Å². The molecule has 3 aromatic carbocycles. The Hall–Kier alpha value is -2.88. The molecule has 0 unspecified atom stereocenters. The molecular weight excluding hydrogens is 403 g/mol. The maximum absolute atomic E-state index is 13.5. The molecule has 1 heterocycles. The summed E-state index contributed by atoms with van der Waals surface area (Å²) in [5.41, 5.74) is 3.07. The van der Waals surface area contributed by atoms with Crippen LogP contribution < -0.4 is 4.90 Å². The van der Waals surface area contributed by atoms with Crippen molar-refractivity contribution in [2.45, 2.75) is 13.5 Å². The Morgan fingerprint density at radius 2 is 1.66 bits per heavy atom. The number of halogens is 2. The van der Waals surface area contributed by atoms with E-state index in [2.05, 4.69) is 29.2 Å². The second-order valence-corrected chi connectivity index (χ2v) is 7.76. The molecule has 0 aliphatic rings. The maximum atomic E-state index is 13.5. The highest BCUT2D eigenvalue weighted by atomic mass is 35.5. The molecule has 144 valence electrons. The van der Waals surface area contributed by atoms with Crippen molar-refractivity contribution in [1.82, 2.24) is 4.98 Å². The number of anilines is 1. The van der Waals surface area contributed by atoms with Gasteiger partial charge >= 0.3 is 0 Å². The minimum Gasteiger partial charge on any atom is -0.304 e. The fourth-order valence-corrected chi connectivity index (χ4v) is 3.87. The summed E-state index contributed by atoms with van der Waals surface area (Å²) in [4.78, 5) is 19.3. The smallest absolute Gasteiger partial charge is 0.258 e. The quantitative estimate of drug-likeness (QED) is 0.368. The van der Waals surface area contributed by atoms with Gasteiger partial charge in [-0.2, -0.15) is 0 Å². The van der Waals surface area contributed by atoms with Crippen LogP contribution in [-0.4, -0.2) is 10.9 Å². The molecule has 0 N–H and O–H groups in total. The SMILES string of the molecule is Cc1cnccc1C(=O)N(Cc1ccc2ccccc2c1)c1cc(Cl)cc(Cl)c1. The van der Waals surface area contributed by atoms with E-state index in [0.29, 0.717) is 27.8 Å². The number of aromatic nitrogens is 1. The summed E-state index contributed by atoms with van der Waals surface area (Å²) < 4.78 is 0. The lowest BCUT2D eigenvalue weighted by atomic mass is 10.1. The third kappa shape index (κ3) is 4.26. The third-order valence-electron chi connectivity index (χ3n) is 4.81. The number of pyridine rings is 1. The zero-order valence-corrected chi connectivity index (χ0v) is 17.3. The van der Waals surface area contributed by atoms with E-state index in [0.717, 1.165) is 21.9 Å². The van der Waals surface area contributed by atoms with E-state index < -0.39 is 0 Å². The number of benzene rings is 3. The Labute approximate surface area is 179 Å².